The predicted octanol–water partition coefficient (Wildman–Crippen LogP) is 1.75. The minimum absolute atomic E-state index is 0.100. The van der Waals surface area contributed by atoms with Crippen LogP contribution in [0.3, 0.4) is 0 Å². The molecule has 1 aromatic rings. The van der Waals surface area contributed by atoms with Gasteiger partial charge in [0.2, 0.25) is 11.8 Å². The number of nitrogens with one attached hydrogen (secondary N) is 1. The van der Waals surface area contributed by atoms with Crippen molar-refractivity contribution in [1.82, 2.24) is 10.2 Å². The van der Waals surface area contributed by atoms with Gasteiger partial charge in [0.25, 0.3) is 0 Å². The summed E-state index contributed by atoms with van der Waals surface area (Å²) in [4.78, 5) is 28.2. The van der Waals surface area contributed by atoms with E-state index in [1.54, 1.807) is 18.1 Å². The molecule has 3 N–H and O–H groups in total. The Bertz CT molecular complexity index is 897. The van der Waals surface area contributed by atoms with Crippen LogP contribution in [0.5, 0.6) is 5.75 Å². The smallest absolute Gasteiger partial charge is 0.247 e. The second kappa shape index (κ2) is 11.3. The van der Waals surface area contributed by atoms with Crippen LogP contribution in [-0.4, -0.2) is 78.6 Å². The second-order valence-electron chi connectivity index (χ2n) is 9.47. The number of nitrogens with zero attached hydrogens (tertiary/aromatic N) is 1. The largest absolute Gasteiger partial charge is 0.486 e. The van der Waals surface area contributed by atoms with Gasteiger partial charge in [0.05, 0.1) is 31.6 Å². The molecule has 0 aromatic heterocycles. The van der Waals surface area contributed by atoms with E-state index in [4.69, 9.17) is 9.47 Å². The molecule has 2 aliphatic carbocycles. The lowest BCUT2D eigenvalue weighted by atomic mass is 9.77. The fraction of sp³-hybridized carbons (Fsp3) is 0.615. The molecule has 0 bridgehead atoms. The van der Waals surface area contributed by atoms with Gasteiger partial charge in [-0.15, -0.1) is 0 Å². The topological polar surface area (TPSA) is 108 Å². The summed E-state index contributed by atoms with van der Waals surface area (Å²) in [6.07, 6.45) is 5.91. The predicted molar refractivity (Wildman–Crippen MR) is 126 cm³/mol. The lowest BCUT2D eigenvalue weighted by molar-refractivity contribution is -0.139. The van der Waals surface area contributed by atoms with Crippen molar-refractivity contribution in [2.75, 3.05) is 33.4 Å². The van der Waals surface area contributed by atoms with Gasteiger partial charge in [-0.2, -0.15) is 0 Å². The number of amides is 2. The monoisotopic (exact) mass is 472 g/mol. The summed E-state index contributed by atoms with van der Waals surface area (Å²) in [5.41, 5.74) is 1.31. The number of carbonyl (C=O) groups excluding carboxylic acids is 2. The van der Waals surface area contributed by atoms with Crippen LogP contribution < -0.4 is 10.1 Å². The molecule has 8 nitrogen and oxygen atoms in total. The molecule has 1 aromatic carbocycles. The van der Waals surface area contributed by atoms with E-state index in [0.29, 0.717) is 30.4 Å². The Morgan fingerprint density at radius 1 is 1.21 bits per heavy atom. The van der Waals surface area contributed by atoms with Crippen LogP contribution in [0.4, 0.5) is 0 Å². The summed E-state index contributed by atoms with van der Waals surface area (Å²) < 4.78 is 11.3. The summed E-state index contributed by atoms with van der Waals surface area (Å²) in [5.74, 6) is 0.154. The molecule has 2 amide bonds. The summed E-state index contributed by atoms with van der Waals surface area (Å²) in [7, 11) is 1.56. The molecule has 3 aliphatic rings. The van der Waals surface area contributed by atoms with Crippen molar-refractivity contribution < 1.29 is 29.3 Å². The van der Waals surface area contributed by atoms with Gasteiger partial charge in [-0.3, -0.25) is 9.59 Å². The van der Waals surface area contributed by atoms with Gasteiger partial charge in [-0.25, -0.2) is 0 Å². The molecule has 1 saturated carbocycles. The number of aliphatic hydroxyl groups excluding tert-OH is 2. The van der Waals surface area contributed by atoms with Crippen molar-refractivity contribution in [3.8, 4) is 5.75 Å². The average molecular weight is 473 g/mol. The highest BCUT2D eigenvalue weighted by molar-refractivity contribution is 5.96. The summed E-state index contributed by atoms with van der Waals surface area (Å²) in [6, 6.07) is 6.80. The number of rotatable bonds is 9. The highest BCUT2D eigenvalue weighted by Crippen LogP contribution is 2.47. The van der Waals surface area contributed by atoms with Gasteiger partial charge in [0.1, 0.15) is 18.0 Å². The number of ether oxygens (including phenoxy) is 2. The van der Waals surface area contributed by atoms with E-state index in [-0.39, 0.29) is 31.4 Å². The van der Waals surface area contributed by atoms with Crippen molar-refractivity contribution in [3.05, 3.63) is 41.5 Å². The van der Waals surface area contributed by atoms with Crippen molar-refractivity contribution in [1.29, 1.82) is 0 Å². The third-order valence-corrected chi connectivity index (χ3v) is 7.26. The highest BCUT2D eigenvalue weighted by atomic mass is 16.5. The van der Waals surface area contributed by atoms with Crippen LogP contribution >= 0.6 is 0 Å². The van der Waals surface area contributed by atoms with Crippen molar-refractivity contribution in [3.63, 3.8) is 0 Å². The number of hydrogen-bond acceptors (Lipinski definition) is 6. The van der Waals surface area contributed by atoms with Crippen LogP contribution in [0.2, 0.25) is 0 Å². The van der Waals surface area contributed by atoms with Crippen LogP contribution in [0, 0.1) is 5.92 Å². The maximum absolute atomic E-state index is 13.3. The molecule has 34 heavy (non-hydrogen) atoms. The third-order valence-electron chi connectivity index (χ3n) is 7.26. The fourth-order valence-electron chi connectivity index (χ4n) is 5.56. The minimum atomic E-state index is -0.984. The number of methoxy groups -OCH3 is 1. The number of aliphatic hydroxyl groups is 2. The first kappa shape index (κ1) is 24.7. The Balaban J connectivity index is 1.69. The third kappa shape index (κ3) is 5.14. The molecule has 186 valence electrons. The second-order valence-corrected chi connectivity index (χ2v) is 9.47. The molecule has 0 spiro atoms. The Kier molecular flexibility index (Phi) is 8.24. The fourth-order valence-corrected chi connectivity index (χ4v) is 5.56. The first-order chi connectivity index (χ1) is 16.5. The normalized spacial score (nSPS) is 26.1. The number of hydrogen-bond donors (Lipinski definition) is 3. The van der Waals surface area contributed by atoms with Crippen LogP contribution in [0.15, 0.2) is 35.9 Å². The van der Waals surface area contributed by atoms with Crippen molar-refractivity contribution >= 4 is 11.8 Å². The zero-order valence-corrected chi connectivity index (χ0v) is 19.8. The van der Waals surface area contributed by atoms with E-state index in [0.717, 1.165) is 31.2 Å². The van der Waals surface area contributed by atoms with E-state index in [1.165, 1.54) is 6.42 Å². The first-order valence-corrected chi connectivity index (χ1v) is 12.4. The Hall–Kier alpha value is -2.42. The molecule has 1 aliphatic heterocycles. The SMILES string of the molecule is COCCC(=O)N(CC1CCCCC1)C1C=C(C(=O)NCCO)C2c3ccccc3OC2C1O. The Morgan fingerprint density at radius 2 is 1.97 bits per heavy atom. The van der Waals surface area contributed by atoms with E-state index in [2.05, 4.69) is 5.32 Å². The number of fused-ring (bicyclic) bond motifs is 3. The molecule has 4 atom stereocenters. The molecule has 0 saturated heterocycles. The van der Waals surface area contributed by atoms with Crippen molar-refractivity contribution in [2.24, 2.45) is 5.92 Å². The maximum atomic E-state index is 13.3. The Labute approximate surface area is 200 Å². The molecule has 4 rings (SSSR count). The molecule has 1 heterocycles. The molecule has 4 unspecified atom stereocenters. The zero-order valence-electron chi connectivity index (χ0n) is 19.8. The number of benzene rings is 1. The lowest BCUT2D eigenvalue weighted by Crippen LogP contribution is -2.56. The first-order valence-electron chi connectivity index (χ1n) is 12.4. The van der Waals surface area contributed by atoms with E-state index < -0.39 is 24.2 Å². The van der Waals surface area contributed by atoms with Crippen molar-refractivity contribution in [2.45, 2.75) is 62.7 Å². The van der Waals surface area contributed by atoms with Gasteiger partial charge >= 0.3 is 0 Å². The summed E-state index contributed by atoms with van der Waals surface area (Å²) >= 11 is 0. The molecule has 8 heteroatoms. The van der Waals surface area contributed by atoms with Gasteiger partial charge in [-0.1, -0.05) is 37.5 Å². The molecule has 0 radical (unpaired) electrons. The average Bonchev–Trinajstić information content (AvgIpc) is 3.26. The molecular weight excluding hydrogens is 436 g/mol. The summed E-state index contributed by atoms with van der Waals surface area (Å²) in [6.45, 7) is 0.790. The van der Waals surface area contributed by atoms with Gasteiger partial charge in [-0.05, 0) is 30.9 Å². The lowest BCUT2D eigenvalue weighted by Gasteiger charge is -2.42. The van der Waals surface area contributed by atoms with Gasteiger partial charge in [0, 0.05) is 31.3 Å². The van der Waals surface area contributed by atoms with E-state index >= 15 is 0 Å². The standard InChI is InChI=1S/C26H36N2O6/c1-33-14-11-22(30)28(16-17-7-3-2-4-8-17)20-15-19(26(32)27-12-13-29)23-18-9-5-6-10-21(18)34-25(23)24(20)31/h5-6,9-10,15,17,20,23-25,29,31H,2-4,7-8,11-14,16H2,1H3,(H,27,32). The van der Waals surface area contributed by atoms with Gasteiger partial charge in [0.15, 0.2) is 0 Å². The Morgan fingerprint density at radius 3 is 2.71 bits per heavy atom. The van der Waals surface area contributed by atoms with Crippen LogP contribution in [0.1, 0.15) is 50.0 Å². The maximum Gasteiger partial charge on any atom is 0.247 e. The quantitative estimate of drug-likeness (QED) is 0.505. The van der Waals surface area contributed by atoms with Crippen LogP contribution in [-0.2, 0) is 14.3 Å². The minimum Gasteiger partial charge on any atom is -0.486 e. The van der Waals surface area contributed by atoms with E-state index in [9.17, 15) is 19.8 Å². The zero-order chi connectivity index (χ0) is 24.1. The molecule has 1 fully saturated rings. The molecular formula is C26H36N2O6. The number of carbonyl (C=O) groups is 2. The highest BCUT2D eigenvalue weighted by Gasteiger charge is 2.50. The van der Waals surface area contributed by atoms with Gasteiger partial charge < -0.3 is 29.9 Å². The van der Waals surface area contributed by atoms with E-state index in [1.807, 2.05) is 24.3 Å². The number of para-hydroxylation sites is 1. The summed E-state index contributed by atoms with van der Waals surface area (Å²) in [5, 5.41) is 23.5. The van der Waals surface area contributed by atoms with Crippen LogP contribution in [0.25, 0.3) is 0 Å².